The zero-order valence-electron chi connectivity index (χ0n) is 13.2. The molecule has 2 amide bonds. The number of nitrogens with one attached hydrogen (secondary N) is 4. The molecule has 26 heavy (non-hydrogen) atoms. The van der Waals surface area contributed by atoms with Crippen LogP contribution < -0.4 is 15.4 Å². The number of rotatable bonds is 4. The van der Waals surface area contributed by atoms with Crippen molar-refractivity contribution in [2.75, 3.05) is 21.6 Å². The smallest absolute Gasteiger partial charge is 0.325 e. The molecule has 0 aliphatic heterocycles. The number of sulfonamides is 1. The number of halogens is 2. The topological polar surface area (TPSA) is 129 Å². The van der Waals surface area contributed by atoms with E-state index in [1.165, 1.54) is 6.33 Å². The normalized spacial score (nSPS) is 11.3. The SMILES string of the molecule is CS(=O)(=O)Nc1ccc(F)c(NC(=O)Nc2ncnc3[nH]ccc23)c1F. The summed E-state index contributed by atoms with van der Waals surface area (Å²) in [4.78, 5) is 22.7. The van der Waals surface area contributed by atoms with Crippen molar-refractivity contribution in [3.63, 3.8) is 0 Å². The summed E-state index contributed by atoms with van der Waals surface area (Å²) in [5, 5.41) is 4.85. The van der Waals surface area contributed by atoms with Crippen molar-refractivity contribution in [2.24, 2.45) is 0 Å². The first-order chi connectivity index (χ1) is 12.2. The number of amides is 2. The Kier molecular flexibility index (Phi) is 4.42. The van der Waals surface area contributed by atoms with Crippen molar-refractivity contribution in [3.05, 3.63) is 42.4 Å². The second kappa shape index (κ2) is 6.55. The van der Waals surface area contributed by atoms with Crippen LogP contribution in [0.15, 0.2) is 30.7 Å². The molecule has 3 aromatic rings. The van der Waals surface area contributed by atoms with Crippen molar-refractivity contribution < 1.29 is 22.0 Å². The van der Waals surface area contributed by atoms with Gasteiger partial charge in [-0.05, 0) is 18.2 Å². The van der Waals surface area contributed by atoms with Gasteiger partial charge in [0, 0.05) is 6.20 Å². The molecule has 0 bridgehead atoms. The standard InChI is InChI=1S/C14H12F2N6O3S/c1-26(24,25)22-9-3-2-8(15)11(10(9)16)20-14(23)21-13-7-4-5-17-12(7)18-6-19-13/h2-6,22H,1H3,(H3,17,18,19,20,21,23). The maximum atomic E-state index is 14.3. The zero-order valence-corrected chi connectivity index (χ0v) is 14.0. The molecule has 0 aliphatic carbocycles. The van der Waals surface area contributed by atoms with Crippen LogP contribution in [0.25, 0.3) is 11.0 Å². The van der Waals surface area contributed by atoms with E-state index >= 15 is 0 Å². The van der Waals surface area contributed by atoms with Crippen molar-refractivity contribution in [3.8, 4) is 0 Å². The van der Waals surface area contributed by atoms with Gasteiger partial charge in [-0.2, -0.15) is 0 Å². The Morgan fingerprint density at radius 2 is 1.92 bits per heavy atom. The largest absolute Gasteiger partial charge is 0.346 e. The van der Waals surface area contributed by atoms with Gasteiger partial charge >= 0.3 is 6.03 Å². The van der Waals surface area contributed by atoms with Gasteiger partial charge in [-0.15, -0.1) is 0 Å². The summed E-state index contributed by atoms with van der Waals surface area (Å²) in [6.45, 7) is 0. The van der Waals surface area contributed by atoms with E-state index in [9.17, 15) is 22.0 Å². The average Bonchev–Trinajstić information content (AvgIpc) is 3.03. The third-order valence-electron chi connectivity index (χ3n) is 3.21. The lowest BCUT2D eigenvalue weighted by atomic mass is 10.2. The van der Waals surface area contributed by atoms with E-state index in [4.69, 9.17) is 0 Å². The molecule has 2 aromatic heterocycles. The highest BCUT2D eigenvalue weighted by atomic mass is 32.2. The Morgan fingerprint density at radius 1 is 1.15 bits per heavy atom. The van der Waals surface area contributed by atoms with Crippen LogP contribution in [0.3, 0.4) is 0 Å². The molecule has 0 spiro atoms. The minimum Gasteiger partial charge on any atom is -0.346 e. The maximum absolute atomic E-state index is 14.3. The summed E-state index contributed by atoms with van der Waals surface area (Å²) in [6.07, 6.45) is 3.60. The highest BCUT2D eigenvalue weighted by Gasteiger charge is 2.19. The molecule has 0 fully saturated rings. The first-order valence-electron chi connectivity index (χ1n) is 7.06. The monoisotopic (exact) mass is 382 g/mol. The number of anilines is 3. The van der Waals surface area contributed by atoms with Crippen LogP contribution in [0.5, 0.6) is 0 Å². The number of hydrogen-bond acceptors (Lipinski definition) is 5. The second-order valence-corrected chi connectivity index (χ2v) is 6.95. The Hall–Kier alpha value is -3.28. The summed E-state index contributed by atoms with van der Waals surface area (Å²) < 4.78 is 52.5. The van der Waals surface area contributed by atoms with Gasteiger partial charge in [-0.1, -0.05) is 0 Å². The van der Waals surface area contributed by atoms with E-state index in [0.29, 0.717) is 11.0 Å². The molecule has 0 saturated heterocycles. The average molecular weight is 382 g/mol. The molecule has 9 nitrogen and oxygen atoms in total. The summed E-state index contributed by atoms with van der Waals surface area (Å²) in [5.74, 6) is -2.22. The molecule has 1 aromatic carbocycles. The van der Waals surface area contributed by atoms with Gasteiger partial charge < -0.3 is 10.3 Å². The van der Waals surface area contributed by atoms with Crippen molar-refractivity contribution in [1.82, 2.24) is 15.0 Å². The summed E-state index contributed by atoms with van der Waals surface area (Å²) in [7, 11) is -3.79. The number of carbonyl (C=O) groups is 1. The summed E-state index contributed by atoms with van der Waals surface area (Å²) >= 11 is 0. The quantitative estimate of drug-likeness (QED) is 0.550. The van der Waals surface area contributed by atoms with Crippen LogP contribution in [0.4, 0.5) is 30.8 Å². The van der Waals surface area contributed by atoms with Gasteiger partial charge in [-0.25, -0.2) is 32.0 Å². The van der Waals surface area contributed by atoms with E-state index in [0.717, 1.165) is 18.4 Å². The molecule has 4 N–H and O–H groups in total. The van der Waals surface area contributed by atoms with E-state index in [1.807, 2.05) is 10.0 Å². The molecule has 136 valence electrons. The number of urea groups is 1. The van der Waals surface area contributed by atoms with Crippen LogP contribution >= 0.6 is 0 Å². The van der Waals surface area contributed by atoms with E-state index < -0.39 is 39.1 Å². The third kappa shape index (κ3) is 3.69. The molecule has 0 aliphatic rings. The molecule has 2 heterocycles. The number of fused-ring (bicyclic) bond motifs is 1. The molecular weight excluding hydrogens is 370 g/mol. The molecule has 12 heteroatoms. The van der Waals surface area contributed by atoms with E-state index in [1.54, 1.807) is 12.3 Å². The fourth-order valence-electron chi connectivity index (χ4n) is 2.17. The summed E-state index contributed by atoms with van der Waals surface area (Å²) in [5.41, 5.74) is -0.846. The molecule has 3 rings (SSSR count). The molecule has 0 unspecified atom stereocenters. The van der Waals surface area contributed by atoms with Gasteiger partial charge in [0.15, 0.2) is 5.82 Å². The zero-order chi connectivity index (χ0) is 18.9. The lowest BCUT2D eigenvalue weighted by Crippen LogP contribution is -2.22. The molecular formula is C14H12F2N6O3S. The highest BCUT2D eigenvalue weighted by molar-refractivity contribution is 7.92. The molecule has 0 radical (unpaired) electrons. The Bertz CT molecular complexity index is 1100. The number of benzene rings is 1. The van der Waals surface area contributed by atoms with Crippen LogP contribution in [0.1, 0.15) is 0 Å². The predicted molar refractivity (Wildman–Crippen MR) is 91.4 cm³/mol. The first kappa shape index (κ1) is 17.5. The minimum atomic E-state index is -3.79. The van der Waals surface area contributed by atoms with Gasteiger partial charge in [0.25, 0.3) is 0 Å². The predicted octanol–water partition coefficient (Wildman–Crippen LogP) is 2.25. The number of hydrogen-bond donors (Lipinski definition) is 4. The fraction of sp³-hybridized carbons (Fsp3) is 0.0714. The first-order valence-corrected chi connectivity index (χ1v) is 8.95. The number of H-pyrrole nitrogens is 1. The third-order valence-corrected chi connectivity index (χ3v) is 3.80. The number of nitrogens with zero attached hydrogens (tertiary/aromatic N) is 2. The Balaban J connectivity index is 1.85. The Labute approximate surface area is 145 Å². The Morgan fingerprint density at radius 3 is 2.65 bits per heavy atom. The number of aromatic amines is 1. The maximum Gasteiger partial charge on any atom is 0.325 e. The van der Waals surface area contributed by atoms with Crippen molar-refractivity contribution >= 4 is 44.3 Å². The summed E-state index contributed by atoms with van der Waals surface area (Å²) in [6, 6.07) is 2.37. The molecule has 0 saturated carbocycles. The van der Waals surface area contributed by atoms with Crippen LogP contribution in [-0.2, 0) is 10.0 Å². The van der Waals surface area contributed by atoms with Gasteiger partial charge in [0.05, 0.1) is 17.3 Å². The van der Waals surface area contributed by atoms with Crippen molar-refractivity contribution in [1.29, 1.82) is 0 Å². The highest BCUT2D eigenvalue weighted by Crippen LogP contribution is 2.27. The van der Waals surface area contributed by atoms with Gasteiger partial charge in [0.1, 0.15) is 29.3 Å². The van der Waals surface area contributed by atoms with Gasteiger partial charge in [0.2, 0.25) is 10.0 Å². The van der Waals surface area contributed by atoms with Crippen molar-refractivity contribution in [2.45, 2.75) is 0 Å². The second-order valence-electron chi connectivity index (χ2n) is 5.20. The minimum absolute atomic E-state index is 0.125. The van der Waals surface area contributed by atoms with Crippen LogP contribution in [0, 0.1) is 11.6 Å². The number of carbonyl (C=O) groups excluding carboxylic acids is 1. The van der Waals surface area contributed by atoms with E-state index in [2.05, 4.69) is 20.3 Å². The van der Waals surface area contributed by atoms with Crippen LogP contribution in [-0.4, -0.2) is 35.7 Å². The fourth-order valence-corrected chi connectivity index (χ4v) is 2.73. The molecule has 0 atom stereocenters. The van der Waals surface area contributed by atoms with E-state index in [-0.39, 0.29) is 5.82 Å². The lowest BCUT2D eigenvalue weighted by Gasteiger charge is -2.12. The lowest BCUT2D eigenvalue weighted by molar-refractivity contribution is 0.262. The van der Waals surface area contributed by atoms with Gasteiger partial charge in [-0.3, -0.25) is 10.0 Å². The number of aromatic nitrogens is 3. The van der Waals surface area contributed by atoms with Crippen LogP contribution in [0.2, 0.25) is 0 Å².